The lowest BCUT2D eigenvalue weighted by Gasteiger charge is -2.47. The number of aromatic nitrogens is 5. The second-order valence-corrected chi connectivity index (χ2v) is 10.7. The van der Waals surface area contributed by atoms with E-state index in [2.05, 4.69) is 40.1 Å². The fourth-order valence-electron chi connectivity index (χ4n) is 5.44. The van der Waals surface area contributed by atoms with Crippen molar-refractivity contribution in [1.29, 1.82) is 0 Å². The Bertz CT molecular complexity index is 1090. The van der Waals surface area contributed by atoms with Gasteiger partial charge in [-0.05, 0) is 37.8 Å². The van der Waals surface area contributed by atoms with Crippen LogP contribution in [0.15, 0.2) is 24.7 Å². The van der Waals surface area contributed by atoms with Gasteiger partial charge in [-0.25, -0.2) is 4.98 Å². The van der Waals surface area contributed by atoms with E-state index in [1.54, 1.807) is 6.20 Å². The molecule has 1 saturated heterocycles. The van der Waals surface area contributed by atoms with Crippen molar-refractivity contribution in [3.63, 3.8) is 0 Å². The largest absolute Gasteiger partial charge is 0.396 e. The molecular weight excluding hydrogens is 436 g/mol. The maximum atomic E-state index is 9.86. The minimum atomic E-state index is -0.124. The molecule has 0 aromatic carbocycles. The minimum absolute atomic E-state index is 0.0234. The van der Waals surface area contributed by atoms with Gasteiger partial charge in [0.1, 0.15) is 5.82 Å². The molecule has 0 amide bonds. The summed E-state index contributed by atoms with van der Waals surface area (Å²) < 4.78 is 10.3. The Morgan fingerprint density at radius 2 is 2.27 bits per heavy atom. The van der Waals surface area contributed by atoms with Crippen molar-refractivity contribution in [3.05, 3.63) is 51.5 Å². The normalized spacial score (nSPS) is 24.3. The molecule has 1 N–H and O–H groups in total. The number of piperidine rings is 1. The van der Waals surface area contributed by atoms with E-state index >= 15 is 0 Å². The predicted molar refractivity (Wildman–Crippen MR) is 127 cm³/mol. The summed E-state index contributed by atoms with van der Waals surface area (Å²) in [6.45, 7) is 7.72. The van der Waals surface area contributed by atoms with E-state index < -0.39 is 0 Å². The molecule has 1 unspecified atom stereocenters. The summed E-state index contributed by atoms with van der Waals surface area (Å²) in [6, 6.07) is 2.81. The van der Waals surface area contributed by atoms with E-state index in [0.29, 0.717) is 12.6 Å². The highest BCUT2D eigenvalue weighted by atomic mass is 32.1. The van der Waals surface area contributed by atoms with Crippen LogP contribution in [0.2, 0.25) is 0 Å². The van der Waals surface area contributed by atoms with E-state index in [0.717, 1.165) is 56.9 Å². The average Bonchev–Trinajstić information content (AvgIpc) is 3.54. The van der Waals surface area contributed by atoms with Crippen LogP contribution in [-0.4, -0.2) is 60.4 Å². The molecule has 33 heavy (non-hydrogen) atoms. The number of hydrogen-bond donors (Lipinski definition) is 1. The van der Waals surface area contributed by atoms with Gasteiger partial charge in [-0.15, -0.1) is 16.4 Å². The minimum Gasteiger partial charge on any atom is -0.396 e. The van der Waals surface area contributed by atoms with Crippen molar-refractivity contribution in [2.45, 2.75) is 70.2 Å². The SMILES string of the molecule is CCc1cc2c(s1)CCO[C@@]21CCN(Cc2cn(CC(CO)c3nccn3C)nn2)[C@@H](C)C1. The third-order valence-electron chi connectivity index (χ3n) is 7.26. The number of aryl methyl sites for hydroxylation is 2. The van der Waals surface area contributed by atoms with Gasteiger partial charge in [0.05, 0.1) is 37.0 Å². The van der Waals surface area contributed by atoms with Gasteiger partial charge in [0.2, 0.25) is 0 Å². The Balaban J connectivity index is 1.24. The monoisotopic (exact) mass is 470 g/mol. The van der Waals surface area contributed by atoms with Gasteiger partial charge < -0.3 is 14.4 Å². The standard InChI is InChI=1S/C24H34N6O2S/c1-4-20-11-21-22(33-20)5-10-32-24(21)6-8-29(17(2)12-24)14-19-15-30(27-26-19)13-18(16-31)23-25-7-9-28(23)3/h7,9,11,15,17-18,31H,4-6,8,10,12-14,16H2,1-3H3/t17-,18?,24+/m0/s1. The average molecular weight is 471 g/mol. The summed E-state index contributed by atoms with van der Waals surface area (Å²) in [5.41, 5.74) is 2.29. The molecule has 5 rings (SSSR count). The third kappa shape index (κ3) is 4.39. The van der Waals surface area contributed by atoms with Crippen LogP contribution in [-0.2, 0) is 43.3 Å². The predicted octanol–water partition coefficient (Wildman–Crippen LogP) is 2.86. The fourth-order valence-corrected chi connectivity index (χ4v) is 6.61. The summed E-state index contributed by atoms with van der Waals surface area (Å²) in [5, 5.41) is 18.6. The van der Waals surface area contributed by atoms with Crippen LogP contribution in [0, 0.1) is 0 Å². The highest BCUT2D eigenvalue weighted by Crippen LogP contribution is 2.46. The molecule has 1 spiro atoms. The van der Waals surface area contributed by atoms with Gasteiger partial charge in [0.25, 0.3) is 0 Å². The van der Waals surface area contributed by atoms with Crippen LogP contribution < -0.4 is 0 Å². The molecule has 3 aromatic heterocycles. The summed E-state index contributed by atoms with van der Waals surface area (Å²) in [7, 11) is 1.94. The van der Waals surface area contributed by atoms with E-state index in [-0.39, 0.29) is 18.1 Å². The Morgan fingerprint density at radius 3 is 3.00 bits per heavy atom. The number of hydrogen-bond acceptors (Lipinski definition) is 7. The van der Waals surface area contributed by atoms with E-state index in [9.17, 15) is 5.11 Å². The lowest BCUT2D eigenvalue weighted by atomic mass is 9.79. The fraction of sp³-hybridized carbons (Fsp3) is 0.625. The first-order valence-corrected chi connectivity index (χ1v) is 12.8. The first-order chi connectivity index (χ1) is 16.0. The second-order valence-electron chi connectivity index (χ2n) is 9.48. The molecule has 0 aliphatic carbocycles. The first kappa shape index (κ1) is 22.7. The Labute approximate surface area is 199 Å². The van der Waals surface area contributed by atoms with Crippen LogP contribution in [0.5, 0.6) is 0 Å². The van der Waals surface area contributed by atoms with E-state index in [1.807, 2.05) is 40.0 Å². The molecule has 2 aliphatic rings. The molecule has 5 heterocycles. The van der Waals surface area contributed by atoms with Crippen LogP contribution in [0.4, 0.5) is 0 Å². The third-order valence-corrected chi connectivity index (χ3v) is 8.60. The van der Waals surface area contributed by atoms with Gasteiger partial charge in [-0.2, -0.15) is 0 Å². The molecule has 0 bridgehead atoms. The van der Waals surface area contributed by atoms with Gasteiger partial charge in [0.15, 0.2) is 0 Å². The van der Waals surface area contributed by atoms with Crippen LogP contribution in [0.25, 0.3) is 0 Å². The summed E-state index contributed by atoms with van der Waals surface area (Å²) in [5.74, 6) is 0.751. The van der Waals surface area contributed by atoms with Crippen molar-refractivity contribution < 1.29 is 9.84 Å². The van der Waals surface area contributed by atoms with E-state index in [4.69, 9.17) is 4.74 Å². The molecule has 8 nitrogen and oxygen atoms in total. The van der Waals surface area contributed by atoms with Gasteiger partial charge in [-0.3, -0.25) is 9.58 Å². The van der Waals surface area contributed by atoms with Crippen molar-refractivity contribution in [3.8, 4) is 0 Å². The number of fused-ring (bicyclic) bond motifs is 2. The number of nitrogens with zero attached hydrogens (tertiary/aromatic N) is 6. The lowest BCUT2D eigenvalue weighted by Crippen LogP contribution is -2.50. The van der Waals surface area contributed by atoms with Crippen molar-refractivity contribution in [2.24, 2.45) is 7.05 Å². The lowest BCUT2D eigenvalue weighted by molar-refractivity contribution is -0.112. The molecular formula is C24H34N6O2S. The van der Waals surface area contributed by atoms with Gasteiger partial charge in [0, 0.05) is 60.9 Å². The van der Waals surface area contributed by atoms with Crippen LogP contribution in [0.1, 0.15) is 59.4 Å². The number of likely N-dealkylation sites (tertiary alicyclic amines) is 1. The smallest absolute Gasteiger partial charge is 0.115 e. The number of aliphatic hydroxyl groups excluding tert-OH is 1. The zero-order valence-electron chi connectivity index (χ0n) is 19.8. The highest BCUT2D eigenvalue weighted by molar-refractivity contribution is 7.12. The van der Waals surface area contributed by atoms with Crippen LogP contribution >= 0.6 is 11.3 Å². The Morgan fingerprint density at radius 1 is 1.39 bits per heavy atom. The molecule has 3 atom stereocenters. The summed E-state index contributed by atoms with van der Waals surface area (Å²) in [4.78, 5) is 9.88. The molecule has 0 saturated carbocycles. The van der Waals surface area contributed by atoms with Gasteiger partial charge in [-0.1, -0.05) is 12.1 Å². The number of aliphatic hydroxyl groups is 1. The second kappa shape index (κ2) is 9.29. The first-order valence-electron chi connectivity index (χ1n) is 12.0. The Hall–Kier alpha value is -2.07. The number of imidazole rings is 1. The molecule has 3 aromatic rings. The van der Waals surface area contributed by atoms with E-state index in [1.165, 1.54) is 15.3 Å². The zero-order valence-corrected chi connectivity index (χ0v) is 20.6. The molecule has 0 radical (unpaired) electrons. The van der Waals surface area contributed by atoms with Crippen molar-refractivity contribution >= 4 is 11.3 Å². The maximum Gasteiger partial charge on any atom is 0.115 e. The molecule has 9 heteroatoms. The number of thiophene rings is 1. The number of rotatable bonds is 7. The number of ether oxygens (including phenoxy) is 1. The topological polar surface area (TPSA) is 81.2 Å². The highest BCUT2D eigenvalue weighted by Gasteiger charge is 2.44. The quantitative estimate of drug-likeness (QED) is 0.572. The molecule has 2 aliphatic heterocycles. The van der Waals surface area contributed by atoms with Crippen LogP contribution in [0.3, 0.4) is 0 Å². The summed E-state index contributed by atoms with van der Waals surface area (Å²) in [6.07, 6.45) is 9.84. The van der Waals surface area contributed by atoms with Crippen molar-refractivity contribution in [1.82, 2.24) is 29.4 Å². The van der Waals surface area contributed by atoms with Gasteiger partial charge >= 0.3 is 0 Å². The zero-order chi connectivity index (χ0) is 23.0. The maximum absolute atomic E-state index is 9.86. The molecule has 178 valence electrons. The molecule has 1 fully saturated rings. The van der Waals surface area contributed by atoms with Crippen molar-refractivity contribution in [2.75, 3.05) is 19.8 Å². The summed E-state index contributed by atoms with van der Waals surface area (Å²) >= 11 is 1.98. The Kier molecular flexibility index (Phi) is 6.39.